The predicted molar refractivity (Wildman–Crippen MR) is 220 cm³/mol. The summed E-state index contributed by atoms with van der Waals surface area (Å²) in [4.78, 5) is 0. The average molecular weight is 707 g/mol. The Morgan fingerprint density at radius 3 is 1.12 bits per heavy atom. The summed E-state index contributed by atoms with van der Waals surface area (Å²) in [5.74, 6) is 1.90. The molecule has 0 fully saturated rings. The smallest absolute Gasteiger partial charge is 0.148 e. The highest BCUT2D eigenvalue weighted by molar-refractivity contribution is 7.17. The Hall–Kier alpha value is -3.44. The molecular formula is C46H62N2O2S. The Morgan fingerprint density at radius 2 is 0.725 bits per heavy atom. The van der Waals surface area contributed by atoms with E-state index < -0.39 is 0 Å². The maximum absolute atomic E-state index is 6.11. The molecule has 0 bridgehead atoms. The van der Waals surface area contributed by atoms with Crippen molar-refractivity contribution in [1.29, 1.82) is 0 Å². The van der Waals surface area contributed by atoms with Crippen molar-refractivity contribution in [2.75, 3.05) is 13.2 Å². The number of aromatic nitrogens is 2. The fourth-order valence-corrected chi connectivity index (χ4v) is 7.74. The first kappa shape index (κ1) is 38.8. The van der Waals surface area contributed by atoms with E-state index in [9.17, 15) is 0 Å². The van der Waals surface area contributed by atoms with Gasteiger partial charge in [0.2, 0.25) is 0 Å². The molecule has 0 aliphatic heterocycles. The topological polar surface area (TPSA) is 44.2 Å². The molecule has 0 radical (unpaired) electrons. The number of rotatable bonds is 26. The molecule has 0 saturated heterocycles. The number of hydrogen-bond acceptors (Lipinski definition) is 5. The third-order valence-corrected chi connectivity index (χ3v) is 11.1. The van der Waals surface area contributed by atoms with Crippen LogP contribution < -0.4 is 9.47 Å². The Kier molecular flexibility index (Phi) is 17.1. The van der Waals surface area contributed by atoms with Gasteiger partial charge < -0.3 is 9.47 Å². The van der Waals surface area contributed by atoms with E-state index in [1.165, 1.54) is 137 Å². The van der Waals surface area contributed by atoms with E-state index in [4.69, 9.17) is 9.47 Å². The third kappa shape index (κ3) is 13.2. The molecule has 0 saturated carbocycles. The van der Waals surface area contributed by atoms with Gasteiger partial charge in [0.15, 0.2) is 0 Å². The highest BCUT2D eigenvalue weighted by atomic mass is 32.1. The second kappa shape index (κ2) is 22.5. The molecular weight excluding hydrogens is 645 g/mol. The van der Waals surface area contributed by atoms with Crippen molar-refractivity contribution in [2.45, 2.75) is 142 Å². The van der Waals surface area contributed by atoms with E-state index in [0.717, 1.165) is 58.7 Å². The van der Waals surface area contributed by atoms with Gasteiger partial charge in [0.1, 0.15) is 21.5 Å². The van der Waals surface area contributed by atoms with Crippen molar-refractivity contribution in [3.05, 3.63) is 72.8 Å². The Morgan fingerprint density at radius 1 is 0.392 bits per heavy atom. The number of nitrogens with zero attached hydrogens (tertiary/aromatic N) is 2. The molecule has 0 atom stereocenters. The summed E-state index contributed by atoms with van der Waals surface area (Å²) in [5, 5.41) is 15.8. The van der Waals surface area contributed by atoms with Gasteiger partial charge in [-0.25, -0.2) is 0 Å². The average Bonchev–Trinajstić information content (AvgIpc) is 3.66. The fourth-order valence-electron chi connectivity index (χ4n) is 6.91. The molecule has 1 heterocycles. The van der Waals surface area contributed by atoms with Crippen LogP contribution in [0, 0.1) is 0 Å². The van der Waals surface area contributed by atoms with E-state index in [2.05, 4.69) is 96.8 Å². The lowest BCUT2D eigenvalue weighted by atomic mass is 10.1. The minimum absolute atomic E-state index is 0.788. The summed E-state index contributed by atoms with van der Waals surface area (Å²) in [7, 11) is 0. The second-order valence-electron chi connectivity index (χ2n) is 14.4. The molecule has 0 amide bonds. The zero-order valence-electron chi connectivity index (χ0n) is 31.6. The Bertz CT molecular complexity index is 1590. The lowest BCUT2D eigenvalue weighted by Crippen LogP contribution is -1.97. The fraction of sp³-hybridized carbons (Fsp3) is 0.522. The zero-order valence-corrected chi connectivity index (χ0v) is 32.4. The highest BCUT2D eigenvalue weighted by Crippen LogP contribution is 2.34. The minimum atomic E-state index is 0.788. The summed E-state index contributed by atoms with van der Waals surface area (Å²) in [6.07, 6.45) is 26.7. The number of hydrogen-bond donors (Lipinski definition) is 0. The van der Waals surface area contributed by atoms with Crippen molar-refractivity contribution in [3.63, 3.8) is 0 Å². The zero-order chi connectivity index (χ0) is 35.4. The quantitative estimate of drug-likeness (QED) is 0.0537. The third-order valence-electron chi connectivity index (χ3n) is 10.1. The molecule has 4 nitrogen and oxygen atoms in total. The molecule has 51 heavy (non-hydrogen) atoms. The van der Waals surface area contributed by atoms with Crippen LogP contribution in [0.3, 0.4) is 0 Å². The highest BCUT2D eigenvalue weighted by Gasteiger charge is 2.11. The summed E-state index contributed by atoms with van der Waals surface area (Å²) in [6, 6.07) is 25.9. The van der Waals surface area contributed by atoms with Gasteiger partial charge in [-0.15, -0.1) is 10.2 Å². The van der Waals surface area contributed by atoms with Crippen LogP contribution in [-0.2, 0) is 0 Å². The van der Waals surface area contributed by atoms with Crippen LogP contribution in [0.1, 0.15) is 142 Å². The summed E-state index contributed by atoms with van der Waals surface area (Å²) in [5.41, 5.74) is 2.19. The van der Waals surface area contributed by atoms with Gasteiger partial charge in [0.25, 0.3) is 0 Å². The van der Waals surface area contributed by atoms with Gasteiger partial charge in [-0.2, -0.15) is 0 Å². The molecule has 5 aromatic rings. The maximum Gasteiger partial charge on any atom is 0.148 e. The first-order valence-corrected chi connectivity index (χ1v) is 21.2. The largest absolute Gasteiger partial charge is 0.494 e. The first-order chi connectivity index (χ1) is 25.2. The van der Waals surface area contributed by atoms with Crippen molar-refractivity contribution >= 4 is 32.9 Å². The van der Waals surface area contributed by atoms with Gasteiger partial charge in [0, 0.05) is 11.1 Å². The lowest BCUT2D eigenvalue weighted by molar-refractivity contribution is 0.304. The monoisotopic (exact) mass is 706 g/mol. The van der Waals surface area contributed by atoms with Crippen LogP contribution in [0.15, 0.2) is 72.8 Å². The summed E-state index contributed by atoms with van der Waals surface area (Å²) < 4.78 is 12.2. The van der Waals surface area contributed by atoms with E-state index in [1.807, 2.05) is 0 Å². The van der Waals surface area contributed by atoms with E-state index >= 15 is 0 Å². The molecule has 5 heteroatoms. The number of benzene rings is 4. The molecule has 0 aliphatic rings. The Labute approximate surface area is 312 Å². The van der Waals surface area contributed by atoms with Gasteiger partial charge in [-0.3, -0.25) is 0 Å². The summed E-state index contributed by atoms with van der Waals surface area (Å²) in [6.45, 7) is 6.14. The van der Waals surface area contributed by atoms with Crippen LogP contribution >= 0.6 is 11.3 Å². The van der Waals surface area contributed by atoms with Gasteiger partial charge in [-0.05, 0) is 70.8 Å². The van der Waals surface area contributed by atoms with Crippen LogP contribution in [0.4, 0.5) is 0 Å². The molecule has 4 aromatic carbocycles. The molecule has 5 rings (SSSR count). The van der Waals surface area contributed by atoms with E-state index in [1.54, 1.807) is 11.3 Å². The minimum Gasteiger partial charge on any atom is -0.494 e. The normalized spacial score (nSPS) is 11.5. The second-order valence-corrected chi connectivity index (χ2v) is 15.4. The standard InChI is InChI=1S/C46H62N2O2S/c1-3-5-7-9-11-13-15-17-19-21-31-49-43-29-27-37-33-41(25-23-39(37)35-43)45-47-48-46(51-45)42-26-24-40-36-44(30-28-38(40)34-42)50-32-22-20-18-16-14-12-10-8-6-4-2/h23-30,33-36H,3-22,31-32H2,1-2H3. The van der Waals surface area contributed by atoms with Gasteiger partial charge in [-0.1, -0.05) is 177 Å². The predicted octanol–water partition coefficient (Wildman–Crippen LogP) is 14.8. The van der Waals surface area contributed by atoms with Crippen molar-refractivity contribution in [1.82, 2.24) is 10.2 Å². The molecule has 0 aliphatic carbocycles. The maximum atomic E-state index is 6.11. The molecule has 1 aromatic heterocycles. The molecule has 0 spiro atoms. The van der Waals surface area contributed by atoms with Gasteiger partial charge in [0.05, 0.1) is 13.2 Å². The first-order valence-electron chi connectivity index (χ1n) is 20.4. The molecule has 274 valence electrons. The SMILES string of the molecule is CCCCCCCCCCCCOc1ccc2cc(-c3nnc(-c4ccc5cc(OCCCCCCCCCCCC)ccc5c4)s3)ccc2c1. The van der Waals surface area contributed by atoms with Crippen LogP contribution in [0.25, 0.3) is 42.7 Å². The lowest BCUT2D eigenvalue weighted by Gasteiger charge is -2.08. The van der Waals surface area contributed by atoms with Crippen LogP contribution in [0.5, 0.6) is 11.5 Å². The van der Waals surface area contributed by atoms with Gasteiger partial charge >= 0.3 is 0 Å². The van der Waals surface area contributed by atoms with Crippen molar-refractivity contribution in [2.24, 2.45) is 0 Å². The molecule has 0 N–H and O–H groups in total. The van der Waals surface area contributed by atoms with E-state index in [-0.39, 0.29) is 0 Å². The molecule has 0 unspecified atom stereocenters. The van der Waals surface area contributed by atoms with Crippen LogP contribution in [-0.4, -0.2) is 23.4 Å². The number of unbranched alkanes of at least 4 members (excludes halogenated alkanes) is 18. The van der Waals surface area contributed by atoms with Crippen molar-refractivity contribution in [3.8, 4) is 32.6 Å². The van der Waals surface area contributed by atoms with Crippen LogP contribution in [0.2, 0.25) is 0 Å². The van der Waals surface area contributed by atoms with Crippen molar-refractivity contribution < 1.29 is 9.47 Å². The number of ether oxygens (including phenoxy) is 2. The van der Waals surface area contributed by atoms with E-state index in [0.29, 0.717) is 0 Å². The summed E-state index contributed by atoms with van der Waals surface area (Å²) >= 11 is 1.64. The Balaban J connectivity index is 1.04. The number of fused-ring (bicyclic) bond motifs is 2.